The molecule has 2 amide bonds. The van der Waals surface area contributed by atoms with Crippen LogP contribution in [0.3, 0.4) is 0 Å². The highest BCUT2D eigenvalue weighted by molar-refractivity contribution is 5.94. The topological polar surface area (TPSA) is 59.1 Å². The van der Waals surface area contributed by atoms with Crippen molar-refractivity contribution in [2.24, 2.45) is 11.8 Å². The average molecular weight is 390 g/mol. The summed E-state index contributed by atoms with van der Waals surface area (Å²) in [6.45, 7) is 3.71. The SMILES string of the molecule is O=C(c1ccc(F)cc1)N1CCCC(C(=O)N2CCCC(C3OCCO3)C2)C1. The Morgan fingerprint density at radius 3 is 2.36 bits per heavy atom. The van der Waals surface area contributed by atoms with Crippen LogP contribution in [0.15, 0.2) is 24.3 Å². The minimum absolute atomic E-state index is 0.124. The van der Waals surface area contributed by atoms with Crippen molar-refractivity contribution < 1.29 is 23.5 Å². The second-order valence-corrected chi connectivity index (χ2v) is 7.89. The molecule has 0 spiro atoms. The van der Waals surface area contributed by atoms with Gasteiger partial charge in [0.1, 0.15) is 5.82 Å². The van der Waals surface area contributed by atoms with Gasteiger partial charge >= 0.3 is 0 Å². The molecule has 3 saturated heterocycles. The van der Waals surface area contributed by atoms with Gasteiger partial charge in [0.05, 0.1) is 19.1 Å². The van der Waals surface area contributed by atoms with E-state index in [2.05, 4.69) is 0 Å². The molecule has 1 aromatic rings. The molecule has 0 aliphatic carbocycles. The summed E-state index contributed by atoms with van der Waals surface area (Å²) < 4.78 is 24.4. The first kappa shape index (κ1) is 19.3. The van der Waals surface area contributed by atoms with Crippen LogP contribution in [0.5, 0.6) is 0 Å². The van der Waals surface area contributed by atoms with Gasteiger partial charge in [0.15, 0.2) is 6.29 Å². The number of likely N-dealkylation sites (tertiary alicyclic amines) is 2. The first-order valence-electron chi connectivity index (χ1n) is 10.2. The number of rotatable bonds is 3. The van der Waals surface area contributed by atoms with Gasteiger partial charge in [0.2, 0.25) is 5.91 Å². The van der Waals surface area contributed by atoms with Crippen molar-refractivity contribution in [3.63, 3.8) is 0 Å². The van der Waals surface area contributed by atoms with Crippen LogP contribution in [-0.2, 0) is 14.3 Å². The van der Waals surface area contributed by atoms with E-state index in [0.717, 1.165) is 32.2 Å². The summed E-state index contributed by atoms with van der Waals surface area (Å²) in [6, 6.07) is 5.58. The van der Waals surface area contributed by atoms with Gasteiger partial charge in [-0.3, -0.25) is 9.59 Å². The summed E-state index contributed by atoms with van der Waals surface area (Å²) >= 11 is 0. The quantitative estimate of drug-likeness (QED) is 0.795. The van der Waals surface area contributed by atoms with Gasteiger partial charge in [-0.2, -0.15) is 0 Å². The molecule has 3 aliphatic rings. The molecule has 7 heteroatoms. The number of carbonyl (C=O) groups excluding carboxylic acids is 2. The maximum atomic E-state index is 13.1. The van der Waals surface area contributed by atoms with Crippen molar-refractivity contribution in [2.45, 2.75) is 32.0 Å². The number of carbonyl (C=O) groups is 2. The van der Waals surface area contributed by atoms with Crippen LogP contribution in [-0.4, -0.2) is 67.3 Å². The molecule has 3 heterocycles. The summed E-state index contributed by atoms with van der Waals surface area (Å²) in [7, 11) is 0. The van der Waals surface area contributed by atoms with E-state index in [1.807, 2.05) is 4.90 Å². The Bertz CT molecular complexity index is 705. The second-order valence-electron chi connectivity index (χ2n) is 7.89. The van der Waals surface area contributed by atoms with Gasteiger partial charge < -0.3 is 19.3 Å². The molecule has 28 heavy (non-hydrogen) atoms. The maximum absolute atomic E-state index is 13.1. The molecule has 0 bridgehead atoms. The van der Waals surface area contributed by atoms with Crippen LogP contribution in [0.4, 0.5) is 4.39 Å². The summed E-state index contributed by atoms with van der Waals surface area (Å²) in [5.74, 6) is -0.331. The van der Waals surface area contributed by atoms with E-state index < -0.39 is 0 Å². The van der Waals surface area contributed by atoms with Gasteiger partial charge in [-0.1, -0.05) is 0 Å². The number of nitrogens with zero attached hydrogens (tertiary/aromatic N) is 2. The van der Waals surface area contributed by atoms with Gasteiger partial charge in [-0.05, 0) is 49.9 Å². The largest absolute Gasteiger partial charge is 0.350 e. The van der Waals surface area contributed by atoms with Crippen molar-refractivity contribution in [1.29, 1.82) is 0 Å². The van der Waals surface area contributed by atoms with E-state index in [1.165, 1.54) is 24.3 Å². The van der Waals surface area contributed by atoms with Crippen molar-refractivity contribution >= 4 is 11.8 Å². The third-order valence-corrected chi connectivity index (χ3v) is 5.95. The standard InChI is InChI=1S/C21H27FN2O4/c22-18-7-5-15(6-8-18)19(25)23-9-1-3-16(13-23)20(26)24-10-2-4-17(14-24)21-27-11-12-28-21/h5-8,16-17,21H,1-4,9-14H2. The molecule has 152 valence electrons. The van der Waals surface area contributed by atoms with Crippen LogP contribution in [0.25, 0.3) is 0 Å². The Morgan fingerprint density at radius 2 is 1.61 bits per heavy atom. The predicted molar refractivity (Wildman–Crippen MR) is 100 cm³/mol. The molecule has 0 N–H and O–H groups in total. The lowest BCUT2D eigenvalue weighted by Crippen LogP contribution is -2.50. The van der Waals surface area contributed by atoms with Crippen LogP contribution < -0.4 is 0 Å². The number of halogens is 1. The van der Waals surface area contributed by atoms with E-state index in [9.17, 15) is 14.0 Å². The molecular weight excluding hydrogens is 363 g/mol. The Labute approximate surface area is 164 Å². The summed E-state index contributed by atoms with van der Waals surface area (Å²) in [4.78, 5) is 29.5. The first-order valence-corrected chi connectivity index (χ1v) is 10.2. The molecule has 1 aromatic carbocycles. The highest BCUT2D eigenvalue weighted by Crippen LogP contribution is 2.28. The van der Waals surface area contributed by atoms with Crippen molar-refractivity contribution in [1.82, 2.24) is 9.80 Å². The number of ether oxygens (including phenoxy) is 2. The molecule has 3 aliphatic heterocycles. The maximum Gasteiger partial charge on any atom is 0.253 e. The number of hydrogen-bond donors (Lipinski definition) is 0. The van der Waals surface area contributed by atoms with E-state index in [4.69, 9.17) is 9.47 Å². The number of amides is 2. The zero-order valence-corrected chi connectivity index (χ0v) is 16.0. The van der Waals surface area contributed by atoms with E-state index in [0.29, 0.717) is 38.4 Å². The average Bonchev–Trinajstić information content (AvgIpc) is 3.28. The van der Waals surface area contributed by atoms with Crippen molar-refractivity contribution in [3.05, 3.63) is 35.6 Å². The lowest BCUT2D eigenvalue weighted by Gasteiger charge is -2.39. The zero-order chi connectivity index (χ0) is 19.5. The normalized spacial score (nSPS) is 26.5. The molecular formula is C21H27FN2O4. The molecule has 2 atom stereocenters. The number of piperidine rings is 2. The van der Waals surface area contributed by atoms with E-state index in [-0.39, 0.29) is 35.8 Å². The molecule has 0 radical (unpaired) electrons. The van der Waals surface area contributed by atoms with E-state index >= 15 is 0 Å². The van der Waals surface area contributed by atoms with Crippen LogP contribution in [0.2, 0.25) is 0 Å². The van der Waals surface area contributed by atoms with Crippen LogP contribution in [0.1, 0.15) is 36.0 Å². The van der Waals surface area contributed by atoms with Gasteiger partial charge in [0, 0.05) is 37.7 Å². The fourth-order valence-corrected chi connectivity index (χ4v) is 4.48. The lowest BCUT2D eigenvalue weighted by molar-refractivity contribution is -0.144. The fraction of sp³-hybridized carbons (Fsp3) is 0.619. The lowest BCUT2D eigenvalue weighted by atomic mass is 9.92. The van der Waals surface area contributed by atoms with Gasteiger partial charge in [-0.25, -0.2) is 4.39 Å². The Hall–Kier alpha value is -1.99. The van der Waals surface area contributed by atoms with Gasteiger partial charge in [-0.15, -0.1) is 0 Å². The zero-order valence-electron chi connectivity index (χ0n) is 16.0. The number of benzene rings is 1. The molecule has 0 saturated carbocycles. The molecule has 0 aromatic heterocycles. The predicted octanol–water partition coefficient (Wildman–Crippen LogP) is 2.29. The second kappa shape index (κ2) is 8.57. The molecule has 3 fully saturated rings. The third kappa shape index (κ3) is 4.20. The highest BCUT2D eigenvalue weighted by Gasteiger charge is 2.36. The number of hydrogen-bond acceptors (Lipinski definition) is 4. The third-order valence-electron chi connectivity index (χ3n) is 5.95. The Balaban J connectivity index is 1.37. The minimum atomic E-state index is -0.363. The summed E-state index contributed by atoms with van der Waals surface area (Å²) in [6.07, 6.45) is 3.36. The molecule has 4 rings (SSSR count). The fourth-order valence-electron chi connectivity index (χ4n) is 4.48. The summed E-state index contributed by atoms with van der Waals surface area (Å²) in [5.41, 5.74) is 0.461. The Morgan fingerprint density at radius 1 is 0.929 bits per heavy atom. The minimum Gasteiger partial charge on any atom is -0.350 e. The monoisotopic (exact) mass is 390 g/mol. The van der Waals surface area contributed by atoms with E-state index in [1.54, 1.807) is 4.90 Å². The van der Waals surface area contributed by atoms with Crippen LogP contribution in [0, 0.1) is 17.7 Å². The summed E-state index contributed by atoms with van der Waals surface area (Å²) in [5, 5.41) is 0. The highest BCUT2D eigenvalue weighted by atomic mass is 19.1. The van der Waals surface area contributed by atoms with Gasteiger partial charge in [0.25, 0.3) is 5.91 Å². The van der Waals surface area contributed by atoms with Crippen LogP contribution >= 0.6 is 0 Å². The smallest absolute Gasteiger partial charge is 0.253 e. The molecule has 2 unspecified atom stereocenters. The van der Waals surface area contributed by atoms with Crippen molar-refractivity contribution in [2.75, 3.05) is 39.4 Å². The molecule has 6 nitrogen and oxygen atoms in total. The first-order chi connectivity index (χ1) is 13.6. The van der Waals surface area contributed by atoms with Crippen molar-refractivity contribution in [3.8, 4) is 0 Å². The Kier molecular flexibility index (Phi) is 5.92.